The Morgan fingerprint density at radius 3 is 0.808 bits per heavy atom. The Kier molecular flexibility index (Phi) is 59.2. The zero-order chi connectivity index (χ0) is 52.9. The molecule has 0 radical (unpaired) electrons. The molecule has 6 heteroatoms. The van der Waals surface area contributed by atoms with Gasteiger partial charge in [-0.3, -0.25) is 14.4 Å². The molecule has 0 N–H and O–H groups in total. The summed E-state index contributed by atoms with van der Waals surface area (Å²) in [5, 5.41) is 0. The molecule has 0 heterocycles. The van der Waals surface area contributed by atoms with E-state index in [4.69, 9.17) is 14.2 Å². The second-order valence-electron chi connectivity index (χ2n) is 21.3. The van der Waals surface area contributed by atoms with Crippen molar-refractivity contribution in [2.75, 3.05) is 13.2 Å². The summed E-state index contributed by atoms with van der Waals surface area (Å²) < 4.78 is 16.9. The van der Waals surface area contributed by atoms with E-state index in [9.17, 15) is 14.4 Å². The van der Waals surface area contributed by atoms with Gasteiger partial charge in [-0.25, -0.2) is 0 Å². The van der Waals surface area contributed by atoms with Gasteiger partial charge in [0.25, 0.3) is 0 Å². The molecule has 0 saturated heterocycles. The van der Waals surface area contributed by atoms with Gasteiger partial charge in [0.15, 0.2) is 6.10 Å². The number of allylic oxidation sites excluding steroid dienone is 10. The van der Waals surface area contributed by atoms with E-state index in [0.29, 0.717) is 19.3 Å². The van der Waals surface area contributed by atoms with Crippen LogP contribution in [0.4, 0.5) is 0 Å². The molecule has 0 amide bonds. The number of hydrogen-bond acceptors (Lipinski definition) is 6. The summed E-state index contributed by atoms with van der Waals surface area (Å²) in [7, 11) is 0. The number of carbonyl (C=O) groups is 3. The van der Waals surface area contributed by atoms with Crippen LogP contribution in [-0.2, 0) is 28.6 Å². The van der Waals surface area contributed by atoms with Crippen molar-refractivity contribution in [3.8, 4) is 0 Å². The molecule has 0 aliphatic carbocycles. The first kappa shape index (κ1) is 70.1. The van der Waals surface area contributed by atoms with Crippen LogP contribution in [0.2, 0.25) is 0 Å². The fourth-order valence-electron chi connectivity index (χ4n) is 9.15. The summed E-state index contributed by atoms with van der Waals surface area (Å²) in [5.41, 5.74) is 0. The molecule has 6 nitrogen and oxygen atoms in total. The number of carbonyl (C=O) groups excluding carboxylic acids is 3. The van der Waals surface area contributed by atoms with E-state index in [1.165, 1.54) is 212 Å². The summed E-state index contributed by atoms with van der Waals surface area (Å²) in [6.45, 7) is 6.63. The molecule has 0 aliphatic heterocycles. The minimum absolute atomic E-state index is 0.0810. The van der Waals surface area contributed by atoms with E-state index >= 15 is 0 Å². The first-order valence-corrected chi connectivity index (χ1v) is 31.8. The Morgan fingerprint density at radius 2 is 0.493 bits per heavy atom. The summed E-state index contributed by atoms with van der Waals surface area (Å²) in [6, 6.07) is 0. The van der Waals surface area contributed by atoms with Crippen molar-refractivity contribution in [2.45, 2.75) is 335 Å². The van der Waals surface area contributed by atoms with E-state index in [1.807, 2.05) is 0 Å². The number of esters is 3. The molecule has 0 aromatic heterocycles. The van der Waals surface area contributed by atoms with Crippen LogP contribution in [0.5, 0.6) is 0 Å². The summed E-state index contributed by atoms with van der Waals surface area (Å²) in [6.07, 6.45) is 77.8. The van der Waals surface area contributed by atoms with Crippen molar-refractivity contribution in [1.82, 2.24) is 0 Å². The van der Waals surface area contributed by atoms with Crippen molar-refractivity contribution in [3.63, 3.8) is 0 Å². The van der Waals surface area contributed by atoms with Gasteiger partial charge in [0.2, 0.25) is 0 Å². The molecular weight excluding hydrogens is 901 g/mol. The zero-order valence-electron chi connectivity index (χ0n) is 48.7. The minimum Gasteiger partial charge on any atom is -0.462 e. The third kappa shape index (κ3) is 59.9. The highest BCUT2D eigenvalue weighted by molar-refractivity contribution is 5.71. The largest absolute Gasteiger partial charge is 0.462 e. The van der Waals surface area contributed by atoms with Crippen molar-refractivity contribution in [2.24, 2.45) is 0 Å². The Labute approximate surface area is 453 Å². The van der Waals surface area contributed by atoms with Crippen molar-refractivity contribution in [1.29, 1.82) is 0 Å². The van der Waals surface area contributed by atoms with Gasteiger partial charge in [0, 0.05) is 19.3 Å². The van der Waals surface area contributed by atoms with Gasteiger partial charge >= 0.3 is 17.9 Å². The van der Waals surface area contributed by atoms with Gasteiger partial charge in [0.1, 0.15) is 13.2 Å². The molecule has 0 rings (SSSR count). The highest BCUT2D eigenvalue weighted by atomic mass is 16.6. The summed E-state index contributed by atoms with van der Waals surface area (Å²) in [4.78, 5) is 38.3. The maximum absolute atomic E-state index is 12.9. The van der Waals surface area contributed by atoms with Gasteiger partial charge in [0.05, 0.1) is 0 Å². The molecule has 0 saturated carbocycles. The van der Waals surface area contributed by atoms with Gasteiger partial charge in [-0.15, -0.1) is 0 Å². The van der Waals surface area contributed by atoms with Crippen LogP contribution in [0.1, 0.15) is 329 Å². The average Bonchev–Trinajstić information content (AvgIpc) is 3.39. The predicted octanol–water partition coefficient (Wildman–Crippen LogP) is 21.6. The normalized spacial score (nSPS) is 12.4. The van der Waals surface area contributed by atoms with E-state index < -0.39 is 6.10 Å². The highest BCUT2D eigenvalue weighted by Crippen LogP contribution is 2.16. The first-order valence-electron chi connectivity index (χ1n) is 31.8. The molecule has 0 bridgehead atoms. The van der Waals surface area contributed by atoms with Crippen molar-refractivity contribution < 1.29 is 28.6 Å². The summed E-state index contributed by atoms with van der Waals surface area (Å²) in [5.74, 6) is -0.886. The van der Waals surface area contributed by atoms with Crippen LogP contribution in [0.25, 0.3) is 0 Å². The molecule has 424 valence electrons. The van der Waals surface area contributed by atoms with Crippen molar-refractivity contribution >= 4 is 17.9 Å². The van der Waals surface area contributed by atoms with Gasteiger partial charge < -0.3 is 14.2 Å². The molecular formula is C67H120O6. The Balaban J connectivity index is 4.40. The van der Waals surface area contributed by atoms with Crippen LogP contribution in [0.15, 0.2) is 60.8 Å². The maximum Gasteiger partial charge on any atom is 0.306 e. The lowest BCUT2D eigenvalue weighted by atomic mass is 10.1. The molecule has 0 aliphatic rings. The molecule has 73 heavy (non-hydrogen) atoms. The van der Waals surface area contributed by atoms with E-state index in [0.717, 1.165) is 77.0 Å². The summed E-state index contributed by atoms with van der Waals surface area (Å²) >= 11 is 0. The number of hydrogen-bond donors (Lipinski definition) is 0. The topological polar surface area (TPSA) is 78.9 Å². The second-order valence-corrected chi connectivity index (χ2v) is 21.3. The fourth-order valence-corrected chi connectivity index (χ4v) is 9.15. The Hall–Kier alpha value is -2.89. The lowest BCUT2D eigenvalue weighted by Crippen LogP contribution is -2.30. The third-order valence-corrected chi connectivity index (χ3v) is 14.0. The maximum atomic E-state index is 12.9. The first-order chi connectivity index (χ1) is 36.0. The zero-order valence-corrected chi connectivity index (χ0v) is 48.7. The van der Waals surface area contributed by atoms with Crippen LogP contribution in [0, 0.1) is 0 Å². The Morgan fingerprint density at radius 1 is 0.274 bits per heavy atom. The number of unbranched alkanes of at least 4 members (excludes halogenated alkanes) is 37. The SMILES string of the molecule is CCCCC/C=C\C/C=C\C/C=C\CCCCCCCCC(=O)OCC(COC(=O)CCCCCCCCC/C=C\CCCCCCCCC)OC(=O)CCCCCCCCC/C=C\CCCCCCCCC. The number of ether oxygens (including phenoxy) is 3. The Bertz CT molecular complexity index is 1310. The molecule has 0 fully saturated rings. The van der Waals surface area contributed by atoms with Gasteiger partial charge in [-0.05, 0) is 109 Å². The monoisotopic (exact) mass is 1020 g/mol. The molecule has 1 unspecified atom stereocenters. The fraction of sp³-hybridized carbons (Fsp3) is 0.806. The lowest BCUT2D eigenvalue weighted by molar-refractivity contribution is -0.167. The quantitative estimate of drug-likeness (QED) is 0.0261. The van der Waals surface area contributed by atoms with Gasteiger partial charge in [-0.1, -0.05) is 261 Å². The average molecular weight is 1020 g/mol. The minimum atomic E-state index is -0.785. The van der Waals surface area contributed by atoms with Crippen LogP contribution < -0.4 is 0 Å². The predicted molar refractivity (Wildman–Crippen MR) is 316 cm³/mol. The van der Waals surface area contributed by atoms with E-state index in [1.54, 1.807) is 0 Å². The van der Waals surface area contributed by atoms with Crippen molar-refractivity contribution in [3.05, 3.63) is 60.8 Å². The smallest absolute Gasteiger partial charge is 0.306 e. The van der Waals surface area contributed by atoms with Gasteiger partial charge in [-0.2, -0.15) is 0 Å². The van der Waals surface area contributed by atoms with Crippen LogP contribution >= 0.6 is 0 Å². The second kappa shape index (κ2) is 61.7. The third-order valence-electron chi connectivity index (χ3n) is 14.0. The molecule has 0 aromatic carbocycles. The standard InChI is InChI=1S/C67H120O6/c1-4-7-10-13-16-19-22-25-28-31-34-37-39-42-45-48-51-54-57-60-66(69)72-63-64(73-67(70)61-58-55-52-49-46-43-40-36-33-30-27-24-21-18-15-12-9-6-3)62-71-65(68)59-56-53-50-47-44-41-38-35-32-29-26-23-20-17-14-11-8-5-2/h16,19,25,28-30,32-34,37,64H,4-15,17-18,20-24,26-27,31,35-36,38-63H2,1-3H3/b19-16-,28-25-,32-29-,33-30-,37-34-. The molecule has 1 atom stereocenters. The van der Waals surface area contributed by atoms with E-state index in [-0.39, 0.29) is 31.1 Å². The number of rotatable bonds is 58. The van der Waals surface area contributed by atoms with Crippen LogP contribution in [0.3, 0.4) is 0 Å². The molecule has 0 aromatic rings. The van der Waals surface area contributed by atoms with E-state index in [2.05, 4.69) is 81.5 Å². The van der Waals surface area contributed by atoms with Crippen LogP contribution in [-0.4, -0.2) is 37.2 Å². The lowest BCUT2D eigenvalue weighted by Gasteiger charge is -2.18. The highest BCUT2D eigenvalue weighted by Gasteiger charge is 2.19. The molecule has 0 spiro atoms.